The Morgan fingerprint density at radius 2 is 1.72 bits per heavy atom. The van der Waals surface area contributed by atoms with Crippen molar-refractivity contribution < 1.29 is 29.1 Å². The molecule has 1 aromatic heterocycles. The minimum absolute atomic E-state index is 0.00904. The Morgan fingerprint density at radius 1 is 1.03 bits per heavy atom. The van der Waals surface area contributed by atoms with Crippen molar-refractivity contribution in [2.24, 2.45) is 17.4 Å². The van der Waals surface area contributed by atoms with Crippen LogP contribution in [0.4, 0.5) is 0 Å². The van der Waals surface area contributed by atoms with E-state index >= 15 is 0 Å². The Kier molecular flexibility index (Phi) is 10.4. The summed E-state index contributed by atoms with van der Waals surface area (Å²) in [5.74, 6) is -3.72. The SMILES string of the molecule is CC(C)CC(NC(=O)CNC(=O)C(N)CCC(N)=O)C(=O)NC(Cc1c[nH]c2ccccc12)C(=O)O. The van der Waals surface area contributed by atoms with E-state index in [0.29, 0.717) is 0 Å². The highest BCUT2D eigenvalue weighted by Gasteiger charge is 2.28. The molecule has 0 radical (unpaired) electrons. The Morgan fingerprint density at radius 3 is 2.36 bits per heavy atom. The van der Waals surface area contributed by atoms with E-state index in [9.17, 15) is 29.1 Å². The number of nitrogens with one attached hydrogen (secondary N) is 4. The minimum Gasteiger partial charge on any atom is -0.480 e. The molecule has 196 valence electrons. The Labute approximate surface area is 208 Å². The molecule has 3 unspecified atom stereocenters. The van der Waals surface area contributed by atoms with Gasteiger partial charge in [0.1, 0.15) is 12.1 Å². The van der Waals surface area contributed by atoms with E-state index in [1.54, 1.807) is 6.20 Å². The van der Waals surface area contributed by atoms with Crippen molar-refractivity contribution in [2.45, 2.75) is 57.7 Å². The molecule has 12 heteroatoms. The molecule has 2 rings (SSSR count). The van der Waals surface area contributed by atoms with Crippen LogP contribution in [0.2, 0.25) is 0 Å². The molecule has 4 amide bonds. The lowest BCUT2D eigenvalue weighted by molar-refractivity contribution is -0.142. The molecule has 9 N–H and O–H groups in total. The van der Waals surface area contributed by atoms with Gasteiger partial charge in [-0.2, -0.15) is 0 Å². The second kappa shape index (κ2) is 13.2. The van der Waals surface area contributed by atoms with Gasteiger partial charge in [0.25, 0.3) is 0 Å². The molecule has 3 atom stereocenters. The number of aromatic amines is 1. The number of hydrogen-bond acceptors (Lipinski definition) is 6. The number of primary amides is 1. The quantitative estimate of drug-likeness (QED) is 0.180. The number of aromatic nitrogens is 1. The van der Waals surface area contributed by atoms with Gasteiger partial charge in [0.15, 0.2) is 0 Å². The van der Waals surface area contributed by atoms with Gasteiger partial charge in [-0.1, -0.05) is 32.0 Å². The van der Waals surface area contributed by atoms with Gasteiger partial charge >= 0.3 is 5.97 Å². The van der Waals surface area contributed by atoms with E-state index in [4.69, 9.17) is 11.5 Å². The monoisotopic (exact) mass is 502 g/mol. The van der Waals surface area contributed by atoms with E-state index in [2.05, 4.69) is 20.9 Å². The van der Waals surface area contributed by atoms with Gasteiger partial charge in [-0.25, -0.2) is 4.79 Å². The van der Waals surface area contributed by atoms with Crippen LogP contribution < -0.4 is 27.4 Å². The highest BCUT2D eigenvalue weighted by Crippen LogP contribution is 2.19. The number of nitrogens with two attached hydrogens (primary N) is 2. The first-order valence-corrected chi connectivity index (χ1v) is 11.7. The molecule has 0 aliphatic rings. The molecular weight excluding hydrogens is 468 g/mol. The van der Waals surface area contributed by atoms with Crippen molar-refractivity contribution in [3.8, 4) is 0 Å². The van der Waals surface area contributed by atoms with Crippen LogP contribution in [0.25, 0.3) is 10.9 Å². The van der Waals surface area contributed by atoms with Crippen molar-refractivity contribution in [1.29, 1.82) is 0 Å². The smallest absolute Gasteiger partial charge is 0.326 e. The van der Waals surface area contributed by atoms with Gasteiger partial charge in [0.2, 0.25) is 23.6 Å². The Balaban J connectivity index is 2.00. The predicted octanol–water partition coefficient (Wildman–Crippen LogP) is -0.480. The number of hydrogen-bond donors (Lipinski definition) is 7. The van der Waals surface area contributed by atoms with Crippen molar-refractivity contribution in [2.75, 3.05) is 6.54 Å². The number of para-hydroxylation sites is 1. The zero-order valence-electron chi connectivity index (χ0n) is 20.4. The normalized spacial score (nSPS) is 13.6. The highest BCUT2D eigenvalue weighted by atomic mass is 16.4. The highest BCUT2D eigenvalue weighted by molar-refractivity contribution is 5.93. The van der Waals surface area contributed by atoms with Gasteiger partial charge < -0.3 is 37.5 Å². The molecule has 0 fully saturated rings. The summed E-state index contributed by atoms with van der Waals surface area (Å²) < 4.78 is 0. The zero-order valence-corrected chi connectivity index (χ0v) is 20.4. The van der Waals surface area contributed by atoms with Gasteiger partial charge in [-0.15, -0.1) is 0 Å². The fourth-order valence-electron chi connectivity index (χ4n) is 3.67. The average molecular weight is 503 g/mol. The van der Waals surface area contributed by atoms with Crippen molar-refractivity contribution in [3.63, 3.8) is 0 Å². The third kappa shape index (κ3) is 8.69. The molecule has 0 aliphatic heterocycles. The first-order valence-electron chi connectivity index (χ1n) is 11.7. The third-order valence-electron chi connectivity index (χ3n) is 5.53. The average Bonchev–Trinajstić information content (AvgIpc) is 3.22. The second-order valence-electron chi connectivity index (χ2n) is 9.04. The summed E-state index contributed by atoms with van der Waals surface area (Å²) in [5, 5.41) is 18.0. The van der Waals surface area contributed by atoms with E-state index in [1.807, 2.05) is 38.1 Å². The molecular formula is C24H34N6O6. The molecule has 0 saturated carbocycles. The fourth-order valence-corrected chi connectivity index (χ4v) is 3.67. The van der Waals surface area contributed by atoms with Crippen molar-refractivity contribution in [1.82, 2.24) is 20.9 Å². The number of carbonyl (C=O) groups excluding carboxylic acids is 4. The summed E-state index contributed by atoms with van der Waals surface area (Å²) in [7, 11) is 0. The van der Waals surface area contributed by atoms with Crippen LogP contribution in [0.3, 0.4) is 0 Å². The number of aliphatic carboxylic acids is 1. The summed E-state index contributed by atoms with van der Waals surface area (Å²) >= 11 is 0. The number of amides is 4. The van der Waals surface area contributed by atoms with E-state index in [1.165, 1.54) is 0 Å². The topological polar surface area (TPSA) is 209 Å². The van der Waals surface area contributed by atoms with Crippen LogP contribution >= 0.6 is 0 Å². The Bertz CT molecular complexity index is 1100. The standard InChI is InChI=1S/C24H34N6O6/c1-13(2)9-18(29-21(32)12-28-22(33)16(25)7-8-20(26)31)23(34)30-19(24(35)36)10-14-11-27-17-6-4-3-5-15(14)17/h3-6,11,13,16,18-19,27H,7-10,12,25H2,1-2H3,(H2,26,31)(H,28,33)(H,29,32)(H,30,34)(H,35,36). The zero-order chi connectivity index (χ0) is 26.8. The van der Waals surface area contributed by atoms with Crippen LogP contribution in [-0.2, 0) is 30.4 Å². The van der Waals surface area contributed by atoms with Crippen LogP contribution in [0.1, 0.15) is 38.7 Å². The maximum atomic E-state index is 13.0. The van der Waals surface area contributed by atoms with Crippen molar-refractivity contribution >= 4 is 40.5 Å². The van der Waals surface area contributed by atoms with E-state index < -0.39 is 54.3 Å². The lowest BCUT2D eigenvalue weighted by atomic mass is 10.0. The van der Waals surface area contributed by atoms with Gasteiger partial charge in [-0.05, 0) is 30.4 Å². The summed E-state index contributed by atoms with van der Waals surface area (Å²) in [4.78, 5) is 63.2. The van der Waals surface area contributed by atoms with Crippen molar-refractivity contribution in [3.05, 3.63) is 36.0 Å². The number of carboxylic acids is 1. The third-order valence-corrected chi connectivity index (χ3v) is 5.53. The Hall–Kier alpha value is -3.93. The number of H-pyrrole nitrogens is 1. The number of rotatable bonds is 14. The number of carboxylic acid groups (broad SMARTS) is 1. The maximum absolute atomic E-state index is 13.0. The minimum atomic E-state index is -1.22. The molecule has 1 aromatic carbocycles. The maximum Gasteiger partial charge on any atom is 0.326 e. The first-order chi connectivity index (χ1) is 17.0. The summed E-state index contributed by atoms with van der Waals surface area (Å²) in [6.07, 6.45) is 1.97. The second-order valence-corrected chi connectivity index (χ2v) is 9.04. The molecule has 1 heterocycles. The molecule has 0 spiro atoms. The van der Waals surface area contributed by atoms with Gasteiger partial charge in [0, 0.05) is 29.9 Å². The van der Waals surface area contributed by atoms with Crippen LogP contribution in [0.5, 0.6) is 0 Å². The van der Waals surface area contributed by atoms with Gasteiger partial charge in [0.05, 0.1) is 12.6 Å². The number of benzene rings is 1. The van der Waals surface area contributed by atoms with Gasteiger partial charge in [-0.3, -0.25) is 19.2 Å². The molecule has 0 bridgehead atoms. The largest absolute Gasteiger partial charge is 0.480 e. The molecule has 2 aromatic rings. The summed E-state index contributed by atoms with van der Waals surface area (Å²) in [6.45, 7) is 3.27. The van der Waals surface area contributed by atoms with E-state index in [-0.39, 0.29) is 31.6 Å². The fraction of sp³-hybridized carbons (Fsp3) is 0.458. The lowest BCUT2D eigenvalue weighted by Crippen LogP contribution is -2.54. The predicted molar refractivity (Wildman–Crippen MR) is 132 cm³/mol. The molecule has 0 aliphatic carbocycles. The molecule has 0 saturated heterocycles. The number of fused-ring (bicyclic) bond motifs is 1. The van der Waals surface area contributed by atoms with Crippen LogP contribution in [0.15, 0.2) is 30.5 Å². The van der Waals surface area contributed by atoms with Crippen LogP contribution in [-0.4, -0.2) is 64.4 Å². The van der Waals surface area contributed by atoms with E-state index in [0.717, 1.165) is 16.5 Å². The van der Waals surface area contributed by atoms with Crippen LogP contribution in [0, 0.1) is 5.92 Å². The summed E-state index contributed by atoms with van der Waals surface area (Å²) in [5.41, 5.74) is 12.3. The first kappa shape index (κ1) is 28.3. The molecule has 36 heavy (non-hydrogen) atoms. The molecule has 12 nitrogen and oxygen atoms in total. The summed E-state index contributed by atoms with van der Waals surface area (Å²) in [6, 6.07) is 4.18. The number of carbonyl (C=O) groups is 5. The lowest BCUT2D eigenvalue weighted by Gasteiger charge is -2.23.